The van der Waals surface area contributed by atoms with Gasteiger partial charge in [0.25, 0.3) is 0 Å². The van der Waals surface area contributed by atoms with Crippen LogP contribution < -0.4 is 10.6 Å². The highest BCUT2D eigenvalue weighted by atomic mass is 16.2. The first-order chi connectivity index (χ1) is 16.6. The standard InChI is InChI=1S/C25H37N7O2/c1-3-20(26-2)24(33)27-22(19-13-8-5-9-14-19)25(34)31-16-10-15-21(31)23-28-30-32(29-23)17-18-11-6-4-7-12-18/h4,6-7,11-12,19-22,26H,3,5,8-10,13-17H2,1-2H3,(H,27,33)/t20?,21-,22-/m0/s1. The number of nitrogens with zero attached hydrogens (tertiary/aromatic N) is 5. The van der Waals surface area contributed by atoms with E-state index in [9.17, 15) is 9.59 Å². The summed E-state index contributed by atoms with van der Waals surface area (Å²) in [5.74, 6) is 0.643. The highest BCUT2D eigenvalue weighted by Crippen LogP contribution is 2.33. The highest BCUT2D eigenvalue weighted by Gasteiger charge is 2.40. The number of nitrogens with one attached hydrogen (secondary N) is 2. The summed E-state index contributed by atoms with van der Waals surface area (Å²) < 4.78 is 0. The lowest BCUT2D eigenvalue weighted by atomic mass is 9.83. The molecular formula is C25H37N7O2. The molecule has 1 saturated heterocycles. The summed E-state index contributed by atoms with van der Waals surface area (Å²) in [6, 6.07) is 9.01. The molecule has 0 spiro atoms. The second kappa shape index (κ2) is 11.6. The predicted octanol–water partition coefficient (Wildman–Crippen LogP) is 2.45. The molecule has 2 N–H and O–H groups in total. The molecule has 1 saturated carbocycles. The number of carbonyl (C=O) groups is 2. The van der Waals surface area contributed by atoms with Gasteiger partial charge >= 0.3 is 0 Å². The molecule has 2 heterocycles. The molecular weight excluding hydrogens is 430 g/mol. The molecule has 1 unspecified atom stereocenters. The Kier molecular flexibility index (Phi) is 8.26. The van der Waals surface area contributed by atoms with E-state index in [-0.39, 0.29) is 29.8 Å². The van der Waals surface area contributed by atoms with E-state index >= 15 is 0 Å². The Morgan fingerprint density at radius 2 is 1.85 bits per heavy atom. The van der Waals surface area contributed by atoms with Gasteiger partial charge in [-0.15, -0.1) is 10.2 Å². The molecule has 184 valence electrons. The van der Waals surface area contributed by atoms with Gasteiger partial charge in [0.1, 0.15) is 6.04 Å². The lowest BCUT2D eigenvalue weighted by Crippen LogP contribution is -2.56. The summed E-state index contributed by atoms with van der Waals surface area (Å²) in [6.45, 7) is 3.16. The van der Waals surface area contributed by atoms with Crippen LogP contribution in [0.2, 0.25) is 0 Å². The first-order valence-corrected chi connectivity index (χ1v) is 12.7. The van der Waals surface area contributed by atoms with E-state index in [1.807, 2.05) is 42.2 Å². The van der Waals surface area contributed by atoms with Crippen molar-refractivity contribution in [2.75, 3.05) is 13.6 Å². The van der Waals surface area contributed by atoms with E-state index < -0.39 is 6.04 Å². The van der Waals surface area contributed by atoms with Gasteiger partial charge in [-0.3, -0.25) is 9.59 Å². The summed E-state index contributed by atoms with van der Waals surface area (Å²) >= 11 is 0. The third-order valence-electron chi connectivity index (χ3n) is 7.23. The SMILES string of the molecule is CCC(NC)C(=O)N[C@H](C(=O)N1CCC[C@H]1c1nnn(Cc2ccccc2)n1)C1CCCCC1. The van der Waals surface area contributed by atoms with Crippen molar-refractivity contribution in [2.24, 2.45) is 5.92 Å². The van der Waals surface area contributed by atoms with Crippen LogP contribution in [0.1, 0.15) is 75.7 Å². The van der Waals surface area contributed by atoms with Gasteiger partial charge in [0.2, 0.25) is 11.8 Å². The molecule has 4 rings (SSSR count). The van der Waals surface area contributed by atoms with Crippen LogP contribution in [0.3, 0.4) is 0 Å². The Labute approximate surface area is 201 Å². The van der Waals surface area contributed by atoms with Gasteiger partial charge in [-0.25, -0.2) is 0 Å². The Bertz CT molecular complexity index is 938. The number of likely N-dealkylation sites (tertiary alicyclic amines) is 1. The molecule has 34 heavy (non-hydrogen) atoms. The number of likely N-dealkylation sites (N-methyl/N-ethyl adjacent to an activating group) is 1. The zero-order valence-corrected chi connectivity index (χ0v) is 20.3. The molecule has 3 atom stereocenters. The molecule has 2 aliphatic rings. The number of rotatable bonds is 9. The summed E-state index contributed by atoms with van der Waals surface area (Å²) in [4.78, 5) is 30.3. The second-order valence-electron chi connectivity index (χ2n) is 9.49. The molecule has 1 aromatic carbocycles. The van der Waals surface area contributed by atoms with Crippen LogP contribution >= 0.6 is 0 Å². The fourth-order valence-corrected chi connectivity index (χ4v) is 5.30. The zero-order chi connectivity index (χ0) is 23.9. The third-order valence-corrected chi connectivity index (χ3v) is 7.23. The molecule has 2 aromatic rings. The van der Waals surface area contributed by atoms with Gasteiger partial charge in [0.05, 0.1) is 18.6 Å². The van der Waals surface area contributed by atoms with Crippen molar-refractivity contribution in [2.45, 2.75) is 83.0 Å². The Morgan fingerprint density at radius 3 is 2.56 bits per heavy atom. The number of amides is 2. The topological polar surface area (TPSA) is 105 Å². The van der Waals surface area contributed by atoms with Crippen LogP contribution in [-0.2, 0) is 16.1 Å². The van der Waals surface area contributed by atoms with Gasteiger partial charge in [-0.2, -0.15) is 4.80 Å². The fourth-order valence-electron chi connectivity index (χ4n) is 5.30. The molecule has 0 bridgehead atoms. The lowest BCUT2D eigenvalue weighted by Gasteiger charge is -2.35. The number of benzene rings is 1. The first-order valence-electron chi connectivity index (χ1n) is 12.7. The Balaban J connectivity index is 1.50. The molecule has 1 aliphatic carbocycles. The minimum absolute atomic E-state index is 0.00637. The van der Waals surface area contributed by atoms with Crippen molar-refractivity contribution < 1.29 is 9.59 Å². The first kappa shape index (κ1) is 24.3. The quantitative estimate of drug-likeness (QED) is 0.587. The summed E-state index contributed by atoms with van der Waals surface area (Å²) in [6.07, 6.45) is 7.72. The van der Waals surface area contributed by atoms with Crippen molar-refractivity contribution in [3.05, 3.63) is 41.7 Å². The molecule has 2 amide bonds. The van der Waals surface area contributed by atoms with Crippen LogP contribution in [0.5, 0.6) is 0 Å². The monoisotopic (exact) mass is 467 g/mol. The van der Waals surface area contributed by atoms with Crippen LogP contribution in [0, 0.1) is 5.92 Å². The fraction of sp³-hybridized carbons (Fsp3) is 0.640. The van der Waals surface area contributed by atoms with E-state index in [2.05, 4.69) is 26.0 Å². The van der Waals surface area contributed by atoms with Crippen molar-refractivity contribution in [1.82, 2.24) is 35.7 Å². The molecule has 2 fully saturated rings. The van der Waals surface area contributed by atoms with Crippen LogP contribution in [0.25, 0.3) is 0 Å². The number of carbonyl (C=O) groups excluding carboxylic acids is 2. The third kappa shape index (κ3) is 5.63. The average molecular weight is 468 g/mol. The van der Waals surface area contributed by atoms with Crippen LogP contribution in [0.4, 0.5) is 0 Å². The van der Waals surface area contributed by atoms with E-state index in [0.29, 0.717) is 25.3 Å². The van der Waals surface area contributed by atoms with Gasteiger partial charge in [-0.1, -0.05) is 56.5 Å². The van der Waals surface area contributed by atoms with Gasteiger partial charge in [0, 0.05) is 6.54 Å². The maximum Gasteiger partial charge on any atom is 0.246 e. The lowest BCUT2D eigenvalue weighted by molar-refractivity contribution is -0.139. The summed E-state index contributed by atoms with van der Waals surface area (Å²) in [5, 5.41) is 19.3. The predicted molar refractivity (Wildman–Crippen MR) is 129 cm³/mol. The zero-order valence-electron chi connectivity index (χ0n) is 20.3. The van der Waals surface area contributed by atoms with Crippen molar-refractivity contribution in [1.29, 1.82) is 0 Å². The van der Waals surface area contributed by atoms with E-state index in [1.54, 1.807) is 11.8 Å². The van der Waals surface area contributed by atoms with Crippen molar-refractivity contribution in [3.8, 4) is 0 Å². The normalized spacial score (nSPS) is 20.8. The van der Waals surface area contributed by atoms with E-state index in [0.717, 1.165) is 44.1 Å². The summed E-state index contributed by atoms with van der Waals surface area (Å²) in [7, 11) is 1.78. The summed E-state index contributed by atoms with van der Waals surface area (Å²) in [5.41, 5.74) is 1.10. The Morgan fingerprint density at radius 1 is 1.09 bits per heavy atom. The molecule has 0 radical (unpaired) electrons. The molecule has 1 aromatic heterocycles. The number of hydrogen-bond acceptors (Lipinski definition) is 6. The Hall–Kier alpha value is -2.81. The molecule has 9 nitrogen and oxygen atoms in total. The van der Waals surface area contributed by atoms with Gasteiger partial charge in [0.15, 0.2) is 5.82 Å². The average Bonchev–Trinajstić information content (AvgIpc) is 3.54. The smallest absolute Gasteiger partial charge is 0.246 e. The largest absolute Gasteiger partial charge is 0.343 e. The minimum Gasteiger partial charge on any atom is -0.343 e. The maximum atomic E-state index is 13.9. The maximum absolute atomic E-state index is 13.9. The second-order valence-corrected chi connectivity index (χ2v) is 9.49. The van der Waals surface area contributed by atoms with Gasteiger partial charge in [-0.05, 0) is 55.8 Å². The van der Waals surface area contributed by atoms with Gasteiger partial charge < -0.3 is 15.5 Å². The van der Waals surface area contributed by atoms with Crippen LogP contribution in [0.15, 0.2) is 30.3 Å². The van der Waals surface area contributed by atoms with E-state index in [1.165, 1.54) is 6.42 Å². The number of aromatic nitrogens is 4. The highest BCUT2D eigenvalue weighted by molar-refractivity contribution is 5.90. The minimum atomic E-state index is -0.504. The van der Waals surface area contributed by atoms with Crippen molar-refractivity contribution in [3.63, 3.8) is 0 Å². The molecule has 1 aliphatic heterocycles. The molecule has 9 heteroatoms. The van der Waals surface area contributed by atoms with Crippen LogP contribution in [-0.4, -0.2) is 62.6 Å². The number of hydrogen-bond donors (Lipinski definition) is 2. The van der Waals surface area contributed by atoms with E-state index in [4.69, 9.17) is 0 Å². The number of tetrazole rings is 1. The van der Waals surface area contributed by atoms with Crippen molar-refractivity contribution >= 4 is 11.8 Å².